The van der Waals surface area contributed by atoms with Crippen molar-refractivity contribution in [3.05, 3.63) is 0 Å². The smallest absolute Gasteiger partial charge is 0.0572 e. The van der Waals surface area contributed by atoms with E-state index in [1.807, 2.05) is 7.11 Å². The minimum Gasteiger partial charge on any atom is -0.381 e. The lowest BCUT2D eigenvalue weighted by atomic mass is 9.89. The molecular formula is C10H20N2O. The van der Waals surface area contributed by atoms with Crippen molar-refractivity contribution in [2.45, 2.75) is 43.9 Å². The summed E-state index contributed by atoms with van der Waals surface area (Å²) in [4.78, 5) is 2.52. The van der Waals surface area contributed by atoms with Crippen LogP contribution in [0.1, 0.15) is 25.7 Å². The third-order valence-electron chi connectivity index (χ3n) is 3.43. The fourth-order valence-corrected chi connectivity index (χ4v) is 2.49. The Morgan fingerprint density at radius 3 is 2.23 bits per heavy atom. The van der Waals surface area contributed by atoms with Crippen LogP contribution in [0.15, 0.2) is 0 Å². The maximum absolute atomic E-state index is 5.76. The summed E-state index contributed by atoms with van der Waals surface area (Å²) in [6.07, 6.45) is 5.57. The summed E-state index contributed by atoms with van der Waals surface area (Å²) in [5.41, 5.74) is 5.76. The second kappa shape index (κ2) is 3.95. The molecule has 0 aromatic rings. The van der Waals surface area contributed by atoms with E-state index in [0.29, 0.717) is 12.1 Å². The molecular weight excluding hydrogens is 164 g/mol. The summed E-state index contributed by atoms with van der Waals surface area (Å²) in [6, 6.07) is 1.24. The normalized spacial score (nSPS) is 37.4. The molecule has 0 aromatic carbocycles. The Morgan fingerprint density at radius 2 is 1.77 bits per heavy atom. The van der Waals surface area contributed by atoms with E-state index < -0.39 is 0 Å². The van der Waals surface area contributed by atoms with Gasteiger partial charge in [-0.3, -0.25) is 4.90 Å². The van der Waals surface area contributed by atoms with Crippen molar-refractivity contribution >= 4 is 0 Å². The molecule has 0 aromatic heterocycles. The molecule has 1 saturated carbocycles. The van der Waals surface area contributed by atoms with Gasteiger partial charge in [-0.1, -0.05) is 0 Å². The van der Waals surface area contributed by atoms with Gasteiger partial charge in [0.1, 0.15) is 0 Å². The molecule has 1 heterocycles. The Balaban J connectivity index is 1.72. The van der Waals surface area contributed by atoms with E-state index in [4.69, 9.17) is 10.5 Å². The average molecular weight is 184 g/mol. The van der Waals surface area contributed by atoms with Crippen molar-refractivity contribution < 1.29 is 4.74 Å². The quantitative estimate of drug-likeness (QED) is 0.682. The summed E-state index contributed by atoms with van der Waals surface area (Å²) in [5, 5.41) is 0. The Labute approximate surface area is 80.2 Å². The van der Waals surface area contributed by atoms with Crippen LogP contribution in [0.25, 0.3) is 0 Å². The van der Waals surface area contributed by atoms with E-state index in [1.54, 1.807) is 0 Å². The van der Waals surface area contributed by atoms with Gasteiger partial charge in [-0.05, 0) is 25.7 Å². The Hall–Kier alpha value is -0.120. The number of nitrogens with zero attached hydrogens (tertiary/aromatic N) is 1. The van der Waals surface area contributed by atoms with E-state index >= 15 is 0 Å². The highest BCUT2D eigenvalue weighted by Crippen LogP contribution is 2.27. The maximum atomic E-state index is 5.76. The Kier molecular flexibility index (Phi) is 2.86. The highest BCUT2D eigenvalue weighted by molar-refractivity contribution is 4.90. The van der Waals surface area contributed by atoms with E-state index in [2.05, 4.69) is 4.90 Å². The molecule has 1 aliphatic carbocycles. The highest BCUT2D eigenvalue weighted by Gasteiger charge is 2.32. The van der Waals surface area contributed by atoms with Crippen LogP contribution in [0.2, 0.25) is 0 Å². The molecule has 1 aliphatic heterocycles. The second-order valence-corrected chi connectivity index (χ2v) is 4.38. The SMILES string of the molecule is COC1CCC(N2CC(N)C2)CC1. The maximum Gasteiger partial charge on any atom is 0.0572 e. The first-order valence-corrected chi connectivity index (χ1v) is 5.32. The lowest BCUT2D eigenvalue weighted by molar-refractivity contribution is 0.0143. The molecule has 2 fully saturated rings. The van der Waals surface area contributed by atoms with Crippen molar-refractivity contribution in [1.29, 1.82) is 0 Å². The molecule has 0 amide bonds. The molecule has 0 spiro atoms. The zero-order chi connectivity index (χ0) is 9.26. The third-order valence-corrected chi connectivity index (χ3v) is 3.43. The molecule has 0 unspecified atom stereocenters. The van der Waals surface area contributed by atoms with Crippen LogP contribution in [0.3, 0.4) is 0 Å². The minimum absolute atomic E-state index is 0.445. The highest BCUT2D eigenvalue weighted by atomic mass is 16.5. The lowest BCUT2D eigenvalue weighted by Crippen LogP contribution is -2.60. The predicted octanol–water partition coefficient (Wildman–Crippen LogP) is 0.587. The number of likely N-dealkylation sites (tertiary alicyclic amines) is 1. The van der Waals surface area contributed by atoms with Crippen molar-refractivity contribution in [2.75, 3.05) is 20.2 Å². The summed E-state index contributed by atoms with van der Waals surface area (Å²) >= 11 is 0. The van der Waals surface area contributed by atoms with Crippen LogP contribution in [-0.2, 0) is 4.74 Å². The number of ether oxygens (including phenoxy) is 1. The van der Waals surface area contributed by atoms with Crippen molar-refractivity contribution in [3.63, 3.8) is 0 Å². The zero-order valence-electron chi connectivity index (χ0n) is 8.41. The van der Waals surface area contributed by atoms with Crippen LogP contribution in [-0.4, -0.2) is 43.3 Å². The van der Waals surface area contributed by atoms with E-state index in [0.717, 1.165) is 19.1 Å². The molecule has 2 N–H and O–H groups in total. The van der Waals surface area contributed by atoms with E-state index in [9.17, 15) is 0 Å². The number of hydrogen-bond acceptors (Lipinski definition) is 3. The number of nitrogens with two attached hydrogens (primary N) is 1. The Morgan fingerprint density at radius 1 is 1.15 bits per heavy atom. The molecule has 2 aliphatic rings. The fraction of sp³-hybridized carbons (Fsp3) is 1.00. The molecule has 1 saturated heterocycles. The molecule has 0 radical (unpaired) electrons. The molecule has 13 heavy (non-hydrogen) atoms. The number of hydrogen-bond donors (Lipinski definition) is 1. The summed E-state index contributed by atoms with van der Waals surface area (Å²) in [5.74, 6) is 0. The molecule has 2 rings (SSSR count). The molecule has 0 bridgehead atoms. The van der Waals surface area contributed by atoms with Gasteiger partial charge in [0.2, 0.25) is 0 Å². The first-order chi connectivity index (χ1) is 6.29. The minimum atomic E-state index is 0.445. The lowest BCUT2D eigenvalue weighted by Gasteiger charge is -2.45. The van der Waals surface area contributed by atoms with Crippen LogP contribution >= 0.6 is 0 Å². The van der Waals surface area contributed by atoms with Gasteiger partial charge in [0.05, 0.1) is 6.10 Å². The molecule has 0 atom stereocenters. The summed E-state index contributed by atoms with van der Waals surface area (Å²) in [6.45, 7) is 2.23. The van der Waals surface area contributed by atoms with Gasteiger partial charge in [0.25, 0.3) is 0 Å². The van der Waals surface area contributed by atoms with Crippen molar-refractivity contribution in [2.24, 2.45) is 5.73 Å². The van der Waals surface area contributed by atoms with Gasteiger partial charge in [-0.2, -0.15) is 0 Å². The second-order valence-electron chi connectivity index (χ2n) is 4.38. The monoisotopic (exact) mass is 184 g/mol. The van der Waals surface area contributed by atoms with E-state index in [1.165, 1.54) is 25.7 Å². The predicted molar refractivity (Wildman–Crippen MR) is 52.6 cm³/mol. The molecule has 3 nitrogen and oxygen atoms in total. The third kappa shape index (κ3) is 2.03. The average Bonchev–Trinajstić information content (AvgIpc) is 2.13. The van der Waals surface area contributed by atoms with Crippen molar-refractivity contribution in [3.8, 4) is 0 Å². The van der Waals surface area contributed by atoms with Crippen molar-refractivity contribution in [1.82, 2.24) is 4.90 Å². The van der Waals surface area contributed by atoms with Gasteiger partial charge < -0.3 is 10.5 Å². The van der Waals surface area contributed by atoms with Crippen LogP contribution in [0.5, 0.6) is 0 Å². The molecule has 76 valence electrons. The first-order valence-electron chi connectivity index (χ1n) is 5.32. The number of methoxy groups -OCH3 is 1. The van der Waals surface area contributed by atoms with Gasteiger partial charge >= 0.3 is 0 Å². The van der Waals surface area contributed by atoms with Crippen LogP contribution < -0.4 is 5.73 Å². The largest absolute Gasteiger partial charge is 0.381 e. The summed E-state index contributed by atoms with van der Waals surface area (Å²) in [7, 11) is 1.82. The molecule has 3 heteroatoms. The first kappa shape index (κ1) is 9.44. The van der Waals surface area contributed by atoms with Crippen LogP contribution in [0, 0.1) is 0 Å². The summed E-state index contributed by atoms with van der Waals surface area (Å²) < 4.78 is 5.35. The van der Waals surface area contributed by atoms with Gasteiger partial charge in [-0.15, -0.1) is 0 Å². The number of rotatable bonds is 2. The van der Waals surface area contributed by atoms with Gasteiger partial charge in [0, 0.05) is 32.3 Å². The Bertz CT molecular complexity index is 160. The fourth-order valence-electron chi connectivity index (χ4n) is 2.49. The van der Waals surface area contributed by atoms with Gasteiger partial charge in [0.15, 0.2) is 0 Å². The topological polar surface area (TPSA) is 38.5 Å². The van der Waals surface area contributed by atoms with Crippen LogP contribution in [0.4, 0.5) is 0 Å². The van der Waals surface area contributed by atoms with E-state index in [-0.39, 0.29) is 0 Å². The standard InChI is InChI=1S/C10H20N2O/c1-13-10-4-2-9(3-5-10)12-6-8(11)7-12/h8-10H,2-7,11H2,1H3. The zero-order valence-corrected chi connectivity index (χ0v) is 8.41. The van der Waals surface area contributed by atoms with Gasteiger partial charge in [-0.25, -0.2) is 0 Å².